The molecule has 1 saturated heterocycles. The minimum absolute atomic E-state index is 0.245. The molecule has 10 nitrogen and oxygen atoms in total. The first-order chi connectivity index (χ1) is 22.9. The van der Waals surface area contributed by atoms with Gasteiger partial charge in [-0.15, -0.1) is 0 Å². The van der Waals surface area contributed by atoms with Gasteiger partial charge in [0, 0.05) is 26.1 Å². The summed E-state index contributed by atoms with van der Waals surface area (Å²) in [5, 5.41) is 3.23. The molecule has 262 valence electrons. The van der Waals surface area contributed by atoms with Gasteiger partial charge in [0.15, 0.2) is 0 Å². The van der Waals surface area contributed by atoms with Gasteiger partial charge in [-0.2, -0.15) is 0 Å². The fraction of sp³-hybridized carbons (Fsp3) is 0.579. The first kappa shape index (κ1) is 36.9. The molecule has 2 aliphatic heterocycles. The zero-order valence-corrected chi connectivity index (χ0v) is 29.2. The topological polar surface area (TPSA) is 114 Å². The summed E-state index contributed by atoms with van der Waals surface area (Å²) in [6, 6.07) is 15.4. The average Bonchev–Trinajstić information content (AvgIpc) is 3.07. The Kier molecular flexibility index (Phi) is 13.4. The molecule has 4 rings (SSSR count). The molecular formula is C38H53N3O7. The van der Waals surface area contributed by atoms with Crippen LogP contribution in [0.4, 0.5) is 4.79 Å². The number of carbonyl (C=O) groups excluding carboxylic acids is 4. The van der Waals surface area contributed by atoms with Gasteiger partial charge in [-0.05, 0) is 76.5 Å². The molecule has 2 amide bonds. The molecule has 2 aromatic rings. The van der Waals surface area contributed by atoms with Crippen molar-refractivity contribution in [2.75, 3.05) is 19.7 Å². The van der Waals surface area contributed by atoms with Crippen LogP contribution >= 0.6 is 0 Å². The number of hydrogen-bond acceptors (Lipinski definition) is 8. The van der Waals surface area contributed by atoms with Gasteiger partial charge in [0.1, 0.15) is 24.3 Å². The van der Waals surface area contributed by atoms with Crippen molar-refractivity contribution in [3.8, 4) is 0 Å². The Hall–Kier alpha value is -3.92. The minimum Gasteiger partial charge on any atom is -0.465 e. The van der Waals surface area contributed by atoms with Crippen LogP contribution in [0.25, 0.3) is 0 Å². The molecule has 1 fully saturated rings. The molecule has 0 radical (unpaired) electrons. The van der Waals surface area contributed by atoms with Crippen molar-refractivity contribution >= 4 is 23.9 Å². The highest BCUT2D eigenvalue weighted by Crippen LogP contribution is 2.27. The number of unbranched alkanes of at least 4 members (excludes halogenated alkanes) is 1. The predicted octanol–water partition coefficient (Wildman–Crippen LogP) is 5.80. The van der Waals surface area contributed by atoms with Crippen LogP contribution in [-0.4, -0.2) is 77.2 Å². The maximum atomic E-state index is 13.9. The Bertz CT molecular complexity index is 1370. The van der Waals surface area contributed by atoms with Crippen molar-refractivity contribution in [2.24, 2.45) is 5.92 Å². The summed E-state index contributed by atoms with van der Waals surface area (Å²) in [5.41, 5.74) is 2.30. The van der Waals surface area contributed by atoms with E-state index in [9.17, 15) is 19.2 Å². The number of esters is 2. The highest BCUT2D eigenvalue weighted by atomic mass is 16.6. The van der Waals surface area contributed by atoms with E-state index in [0.717, 1.165) is 48.8 Å². The number of carbonyl (C=O) groups is 4. The van der Waals surface area contributed by atoms with Crippen LogP contribution in [0.1, 0.15) is 89.8 Å². The van der Waals surface area contributed by atoms with Gasteiger partial charge in [0.2, 0.25) is 5.91 Å². The van der Waals surface area contributed by atoms with Crippen LogP contribution in [-0.2, 0) is 48.2 Å². The Morgan fingerprint density at radius 1 is 0.917 bits per heavy atom. The highest BCUT2D eigenvalue weighted by molar-refractivity contribution is 5.89. The fourth-order valence-electron chi connectivity index (χ4n) is 6.47. The van der Waals surface area contributed by atoms with E-state index in [1.165, 1.54) is 0 Å². The van der Waals surface area contributed by atoms with Gasteiger partial charge in [-0.3, -0.25) is 14.9 Å². The smallest absolute Gasteiger partial charge is 0.410 e. The summed E-state index contributed by atoms with van der Waals surface area (Å²) < 4.78 is 16.6. The molecular weight excluding hydrogens is 610 g/mol. The van der Waals surface area contributed by atoms with Crippen molar-refractivity contribution in [2.45, 2.75) is 116 Å². The Morgan fingerprint density at radius 3 is 2.25 bits per heavy atom. The third-order valence-electron chi connectivity index (χ3n) is 9.04. The van der Waals surface area contributed by atoms with E-state index in [1.807, 2.05) is 75.4 Å². The lowest BCUT2D eigenvalue weighted by atomic mass is 9.91. The third kappa shape index (κ3) is 10.8. The number of nitrogens with one attached hydrogen (secondary N) is 1. The summed E-state index contributed by atoms with van der Waals surface area (Å²) in [6.45, 7) is 11.1. The van der Waals surface area contributed by atoms with Gasteiger partial charge in [-0.25, -0.2) is 9.59 Å². The van der Waals surface area contributed by atoms with Crippen molar-refractivity contribution in [3.63, 3.8) is 0 Å². The molecule has 10 heteroatoms. The second-order valence-electron chi connectivity index (χ2n) is 13.9. The molecule has 0 bridgehead atoms. The van der Waals surface area contributed by atoms with Gasteiger partial charge in [-0.1, -0.05) is 73.9 Å². The summed E-state index contributed by atoms with van der Waals surface area (Å²) in [5.74, 6) is -0.574. The number of ether oxygens (including phenoxy) is 3. The second-order valence-corrected chi connectivity index (χ2v) is 13.9. The van der Waals surface area contributed by atoms with Crippen LogP contribution in [0, 0.1) is 5.92 Å². The molecule has 0 aromatic heterocycles. The standard InChI is InChI=1S/C38H53N3O7/c1-6-46-35(43)32(19-13-10-14-28-20-22-40(23-21-28)37(45)47-26-29-15-8-7-9-16-29)39-27(2)34(42)41-25-31-18-12-11-17-30(31)24-33(41)36(44)48-38(3,4)5/h7-9,11-12,15-18,27-28,32-33,39H,6,10,13-14,19-26H2,1-5H3/t27-,32-,33-/m0/s1. The first-order valence-corrected chi connectivity index (χ1v) is 17.4. The number of fused-ring (bicyclic) bond motifs is 1. The zero-order valence-electron chi connectivity index (χ0n) is 29.2. The molecule has 2 aromatic carbocycles. The normalized spacial score (nSPS) is 18.0. The van der Waals surface area contributed by atoms with Crippen molar-refractivity contribution in [3.05, 3.63) is 71.3 Å². The van der Waals surface area contributed by atoms with Crippen molar-refractivity contribution in [1.82, 2.24) is 15.1 Å². The number of piperidine rings is 1. The lowest BCUT2D eigenvalue weighted by molar-refractivity contribution is -0.166. The molecule has 0 saturated carbocycles. The van der Waals surface area contributed by atoms with Crippen molar-refractivity contribution < 1.29 is 33.4 Å². The molecule has 3 atom stereocenters. The lowest BCUT2D eigenvalue weighted by Crippen LogP contribution is -2.57. The number of rotatable bonds is 13. The van der Waals surface area contributed by atoms with Crippen LogP contribution in [0.3, 0.4) is 0 Å². The minimum atomic E-state index is -0.756. The van der Waals surface area contributed by atoms with Crippen LogP contribution in [0.5, 0.6) is 0 Å². The Balaban J connectivity index is 1.27. The quantitative estimate of drug-likeness (QED) is 0.163. The molecule has 0 aliphatic carbocycles. The van der Waals surface area contributed by atoms with E-state index in [1.54, 1.807) is 23.6 Å². The lowest BCUT2D eigenvalue weighted by Gasteiger charge is -2.38. The monoisotopic (exact) mass is 663 g/mol. The van der Waals surface area contributed by atoms with Crippen molar-refractivity contribution in [1.29, 1.82) is 0 Å². The summed E-state index contributed by atoms with van der Waals surface area (Å²) in [4.78, 5) is 56.1. The Labute approximate surface area is 285 Å². The number of benzene rings is 2. The van der Waals surface area contributed by atoms with E-state index >= 15 is 0 Å². The van der Waals surface area contributed by atoms with Gasteiger partial charge >= 0.3 is 18.0 Å². The van der Waals surface area contributed by atoms with E-state index in [2.05, 4.69) is 5.32 Å². The van der Waals surface area contributed by atoms with E-state index < -0.39 is 29.7 Å². The SMILES string of the molecule is CCOC(=O)[C@H](CCCCC1CCN(C(=O)OCc2ccccc2)CC1)N[C@@H](C)C(=O)N1Cc2ccccc2C[C@H]1C(=O)OC(C)(C)C. The molecule has 1 N–H and O–H groups in total. The number of hydrogen-bond donors (Lipinski definition) is 1. The molecule has 2 heterocycles. The molecule has 2 aliphatic rings. The first-order valence-electron chi connectivity index (χ1n) is 17.4. The second kappa shape index (κ2) is 17.5. The molecule has 0 spiro atoms. The Morgan fingerprint density at radius 2 is 1.58 bits per heavy atom. The molecule has 48 heavy (non-hydrogen) atoms. The van der Waals surface area contributed by atoms with E-state index in [-0.39, 0.29) is 31.2 Å². The maximum absolute atomic E-state index is 13.9. The van der Waals surface area contributed by atoms with E-state index in [0.29, 0.717) is 38.4 Å². The van der Waals surface area contributed by atoms with Gasteiger partial charge < -0.3 is 24.0 Å². The maximum Gasteiger partial charge on any atom is 0.410 e. The van der Waals surface area contributed by atoms with Gasteiger partial charge in [0.05, 0.1) is 12.6 Å². The van der Waals surface area contributed by atoms with Crippen LogP contribution < -0.4 is 5.32 Å². The highest BCUT2D eigenvalue weighted by Gasteiger charge is 2.39. The van der Waals surface area contributed by atoms with Crippen LogP contribution in [0.2, 0.25) is 0 Å². The zero-order chi connectivity index (χ0) is 34.7. The summed E-state index contributed by atoms with van der Waals surface area (Å²) >= 11 is 0. The van der Waals surface area contributed by atoms with Crippen LogP contribution in [0.15, 0.2) is 54.6 Å². The molecule has 0 unspecified atom stereocenters. The number of amides is 2. The largest absolute Gasteiger partial charge is 0.465 e. The summed E-state index contributed by atoms with van der Waals surface area (Å²) in [7, 11) is 0. The van der Waals surface area contributed by atoms with Gasteiger partial charge in [0.25, 0.3) is 0 Å². The predicted molar refractivity (Wildman–Crippen MR) is 183 cm³/mol. The fourth-order valence-corrected chi connectivity index (χ4v) is 6.47. The number of nitrogens with zero attached hydrogens (tertiary/aromatic N) is 2. The summed E-state index contributed by atoms with van der Waals surface area (Å²) in [6.07, 6.45) is 5.18. The van der Waals surface area contributed by atoms with E-state index in [4.69, 9.17) is 14.2 Å². The third-order valence-corrected chi connectivity index (χ3v) is 9.04. The number of likely N-dealkylation sites (tertiary alicyclic amines) is 1. The average molecular weight is 664 g/mol.